The van der Waals surface area contributed by atoms with Crippen molar-refractivity contribution in [2.75, 3.05) is 12.3 Å². The first-order valence-corrected chi connectivity index (χ1v) is 9.14. The van der Waals surface area contributed by atoms with Gasteiger partial charge in [-0.3, -0.25) is 0 Å². The molecular weight excluding hydrogens is 351 g/mol. The largest absolute Gasteiger partial charge is 0.398 e. The minimum absolute atomic E-state index is 0.108. The molecule has 4 nitrogen and oxygen atoms in total. The van der Waals surface area contributed by atoms with Crippen molar-refractivity contribution in [3.8, 4) is 0 Å². The molecule has 0 saturated carbocycles. The van der Waals surface area contributed by atoms with Crippen molar-refractivity contribution in [2.24, 2.45) is 0 Å². The van der Waals surface area contributed by atoms with E-state index >= 15 is 0 Å². The number of thiophene rings is 1. The zero-order valence-corrected chi connectivity index (χ0v) is 14.3. The summed E-state index contributed by atoms with van der Waals surface area (Å²) in [6.45, 7) is 1.93. The Morgan fingerprint density at radius 2 is 2.00 bits per heavy atom. The first-order chi connectivity index (χ1) is 9.79. The second-order valence-electron chi connectivity index (χ2n) is 4.47. The Kier molecular flexibility index (Phi) is 5.16. The van der Waals surface area contributed by atoms with Crippen molar-refractivity contribution in [2.45, 2.75) is 18.2 Å². The van der Waals surface area contributed by atoms with Gasteiger partial charge in [0.1, 0.15) is 0 Å². The highest BCUT2D eigenvalue weighted by molar-refractivity contribution is 7.89. The lowest BCUT2D eigenvalue weighted by molar-refractivity contribution is 0.581. The van der Waals surface area contributed by atoms with Gasteiger partial charge >= 0.3 is 0 Å². The maximum absolute atomic E-state index is 12.3. The van der Waals surface area contributed by atoms with Crippen LogP contribution in [0.1, 0.15) is 10.4 Å². The summed E-state index contributed by atoms with van der Waals surface area (Å²) in [6.07, 6.45) is 0.575. The molecule has 0 aliphatic rings. The third-order valence-electron chi connectivity index (χ3n) is 2.95. The molecular formula is C13H14Cl2N2O2S2. The monoisotopic (exact) mass is 364 g/mol. The quantitative estimate of drug-likeness (QED) is 0.797. The second-order valence-corrected chi connectivity index (χ2v) is 8.44. The van der Waals surface area contributed by atoms with Crippen LogP contribution in [0.5, 0.6) is 0 Å². The van der Waals surface area contributed by atoms with Crippen LogP contribution in [0.3, 0.4) is 0 Å². The Morgan fingerprint density at radius 1 is 1.29 bits per heavy atom. The molecule has 3 N–H and O–H groups in total. The van der Waals surface area contributed by atoms with Crippen LogP contribution < -0.4 is 10.5 Å². The van der Waals surface area contributed by atoms with Gasteiger partial charge in [0.05, 0.1) is 9.23 Å². The Balaban J connectivity index is 2.12. The van der Waals surface area contributed by atoms with E-state index in [1.165, 1.54) is 23.5 Å². The van der Waals surface area contributed by atoms with Crippen molar-refractivity contribution in [1.29, 1.82) is 0 Å². The van der Waals surface area contributed by atoms with Crippen molar-refractivity contribution < 1.29 is 8.42 Å². The predicted molar refractivity (Wildman–Crippen MR) is 88.8 cm³/mol. The first-order valence-electron chi connectivity index (χ1n) is 6.09. The van der Waals surface area contributed by atoms with E-state index in [9.17, 15) is 8.42 Å². The van der Waals surface area contributed by atoms with E-state index in [0.29, 0.717) is 27.0 Å². The van der Waals surface area contributed by atoms with Gasteiger partial charge in [-0.15, -0.1) is 11.3 Å². The Morgan fingerprint density at radius 3 is 2.62 bits per heavy atom. The van der Waals surface area contributed by atoms with E-state index in [0.717, 1.165) is 4.88 Å². The maximum Gasteiger partial charge on any atom is 0.240 e. The highest BCUT2D eigenvalue weighted by Crippen LogP contribution is 2.26. The van der Waals surface area contributed by atoms with E-state index in [1.807, 2.05) is 6.07 Å². The molecule has 21 heavy (non-hydrogen) atoms. The molecule has 2 rings (SSSR count). The van der Waals surface area contributed by atoms with Crippen LogP contribution in [0.4, 0.5) is 5.69 Å². The summed E-state index contributed by atoms with van der Waals surface area (Å²) in [6, 6.07) is 6.60. The number of benzene rings is 1. The zero-order chi connectivity index (χ0) is 15.6. The van der Waals surface area contributed by atoms with Gasteiger partial charge in [0, 0.05) is 22.1 Å². The van der Waals surface area contributed by atoms with Crippen molar-refractivity contribution in [1.82, 2.24) is 4.72 Å². The molecule has 0 atom stereocenters. The van der Waals surface area contributed by atoms with Gasteiger partial charge in [0.25, 0.3) is 0 Å². The van der Waals surface area contributed by atoms with Crippen molar-refractivity contribution in [3.63, 3.8) is 0 Å². The highest BCUT2D eigenvalue weighted by atomic mass is 35.5. The average molecular weight is 365 g/mol. The third kappa shape index (κ3) is 4.11. The summed E-state index contributed by atoms with van der Waals surface area (Å²) in [4.78, 5) is 1.13. The molecule has 0 aliphatic carbocycles. The van der Waals surface area contributed by atoms with Crippen LogP contribution in [0.15, 0.2) is 29.2 Å². The maximum atomic E-state index is 12.3. The molecule has 0 saturated heterocycles. The third-order valence-corrected chi connectivity index (χ3v) is 6.04. The molecule has 1 aromatic heterocycles. The molecule has 0 spiro atoms. The molecule has 114 valence electrons. The SMILES string of the molecule is Cc1c(N)cc(Cl)cc1S(=O)(=O)NCCc1ccc(Cl)s1. The van der Waals surface area contributed by atoms with Gasteiger partial charge in [-0.1, -0.05) is 23.2 Å². The number of sulfonamides is 1. The van der Waals surface area contributed by atoms with Crippen molar-refractivity contribution in [3.05, 3.63) is 44.1 Å². The van der Waals surface area contributed by atoms with Gasteiger partial charge in [-0.05, 0) is 43.2 Å². The van der Waals surface area contributed by atoms with Crippen LogP contribution in [-0.2, 0) is 16.4 Å². The first kappa shape index (κ1) is 16.6. The van der Waals surface area contributed by atoms with Gasteiger partial charge in [0.15, 0.2) is 0 Å². The van der Waals surface area contributed by atoms with Gasteiger partial charge < -0.3 is 5.73 Å². The molecule has 0 unspecified atom stereocenters. The number of anilines is 1. The molecule has 8 heteroatoms. The average Bonchev–Trinajstić information content (AvgIpc) is 2.79. The lowest BCUT2D eigenvalue weighted by Crippen LogP contribution is -2.26. The molecule has 0 fully saturated rings. The number of halogens is 2. The predicted octanol–water partition coefficient (Wildman–Crippen LogP) is 3.47. The Bertz CT molecular complexity index is 758. The standard InChI is InChI=1S/C13H14Cl2N2O2S2/c1-8-11(16)6-9(14)7-12(8)21(18,19)17-5-4-10-2-3-13(15)20-10/h2-3,6-7,17H,4-5,16H2,1H3. The van der Waals surface area contributed by atoms with E-state index in [2.05, 4.69) is 4.72 Å². The van der Waals surface area contributed by atoms with Crippen LogP contribution in [0.25, 0.3) is 0 Å². The summed E-state index contributed by atoms with van der Waals surface area (Å²) >= 11 is 13.1. The highest BCUT2D eigenvalue weighted by Gasteiger charge is 2.18. The van der Waals surface area contributed by atoms with E-state index in [1.54, 1.807) is 13.0 Å². The molecule has 1 aromatic carbocycles. The second kappa shape index (κ2) is 6.54. The summed E-state index contributed by atoms with van der Waals surface area (Å²) in [5, 5.41) is 0.295. The van der Waals surface area contributed by atoms with Crippen LogP contribution in [0.2, 0.25) is 9.36 Å². The zero-order valence-electron chi connectivity index (χ0n) is 11.2. The summed E-state index contributed by atoms with van der Waals surface area (Å²) in [7, 11) is -3.64. The molecule has 0 bridgehead atoms. The number of hydrogen-bond donors (Lipinski definition) is 2. The smallest absolute Gasteiger partial charge is 0.240 e. The van der Waals surface area contributed by atoms with Gasteiger partial charge in [0.2, 0.25) is 10.0 Å². The van der Waals surface area contributed by atoms with Gasteiger partial charge in [-0.2, -0.15) is 0 Å². The van der Waals surface area contributed by atoms with E-state index in [-0.39, 0.29) is 11.4 Å². The van der Waals surface area contributed by atoms with E-state index < -0.39 is 10.0 Å². The molecule has 2 aromatic rings. The molecule has 0 aliphatic heterocycles. The summed E-state index contributed by atoms with van der Waals surface area (Å²) < 4.78 is 27.8. The number of nitrogen functional groups attached to an aromatic ring is 1. The molecule has 0 radical (unpaired) electrons. The number of rotatable bonds is 5. The summed E-state index contributed by atoms with van der Waals surface area (Å²) in [5.74, 6) is 0. The Hall–Kier alpha value is -0.790. The molecule has 1 heterocycles. The fourth-order valence-corrected chi connectivity index (χ4v) is 4.53. The van der Waals surface area contributed by atoms with Crippen LogP contribution >= 0.6 is 34.5 Å². The number of nitrogens with one attached hydrogen (secondary N) is 1. The minimum atomic E-state index is -3.64. The van der Waals surface area contributed by atoms with E-state index in [4.69, 9.17) is 28.9 Å². The number of nitrogens with two attached hydrogens (primary N) is 1. The van der Waals surface area contributed by atoms with Crippen LogP contribution in [0, 0.1) is 6.92 Å². The van der Waals surface area contributed by atoms with Gasteiger partial charge in [-0.25, -0.2) is 13.1 Å². The normalized spacial score (nSPS) is 11.8. The lowest BCUT2D eigenvalue weighted by Gasteiger charge is -2.11. The fraction of sp³-hybridized carbons (Fsp3) is 0.231. The fourth-order valence-electron chi connectivity index (χ4n) is 1.83. The van der Waals surface area contributed by atoms with Crippen LogP contribution in [-0.4, -0.2) is 15.0 Å². The minimum Gasteiger partial charge on any atom is -0.398 e. The summed E-state index contributed by atoms with van der Waals surface area (Å²) in [5.41, 5.74) is 6.60. The molecule has 0 amide bonds. The number of hydrogen-bond acceptors (Lipinski definition) is 4. The lowest BCUT2D eigenvalue weighted by atomic mass is 10.2. The topological polar surface area (TPSA) is 72.2 Å². The Labute approximate surface area is 137 Å². The van der Waals surface area contributed by atoms with Crippen molar-refractivity contribution >= 4 is 50.2 Å².